The molecule has 1 aromatic heterocycles. The Morgan fingerprint density at radius 2 is 2.15 bits per heavy atom. The summed E-state index contributed by atoms with van der Waals surface area (Å²) in [5.74, 6) is 0.990. The van der Waals surface area contributed by atoms with Gasteiger partial charge >= 0.3 is 0 Å². The van der Waals surface area contributed by atoms with E-state index in [9.17, 15) is 9.00 Å². The van der Waals surface area contributed by atoms with Crippen molar-refractivity contribution in [2.24, 2.45) is 0 Å². The maximum Gasteiger partial charge on any atom is 0.251 e. The summed E-state index contributed by atoms with van der Waals surface area (Å²) in [5, 5.41) is 5.83. The molecule has 1 rings (SSSR count). The van der Waals surface area contributed by atoms with Crippen LogP contribution in [0.2, 0.25) is 0 Å². The topological polar surface area (TPSA) is 71.1 Å². The molecular weight excluding hydrogens is 274 g/mol. The quantitative estimate of drug-likeness (QED) is 0.801. The summed E-state index contributed by atoms with van der Waals surface area (Å²) in [5.41, 5.74) is 1.48. The fourth-order valence-electron chi connectivity index (χ4n) is 1.93. The lowest BCUT2D eigenvalue weighted by Crippen LogP contribution is -2.36. The van der Waals surface area contributed by atoms with Crippen molar-refractivity contribution >= 4 is 22.5 Å². The maximum absolute atomic E-state index is 12.2. The molecule has 1 amide bonds. The molecule has 0 spiro atoms. The van der Waals surface area contributed by atoms with Gasteiger partial charge in [-0.05, 0) is 25.5 Å². The molecule has 0 bridgehead atoms. The number of carbonyl (C=O) groups excluding carboxylic acids is 1. The van der Waals surface area contributed by atoms with Crippen molar-refractivity contribution in [1.82, 2.24) is 10.3 Å². The average molecular weight is 297 g/mol. The highest BCUT2D eigenvalue weighted by Crippen LogP contribution is 2.12. The molecule has 0 aromatic carbocycles. The second kappa shape index (κ2) is 7.99. The van der Waals surface area contributed by atoms with Gasteiger partial charge < -0.3 is 10.6 Å². The summed E-state index contributed by atoms with van der Waals surface area (Å²) < 4.78 is 11.2. The van der Waals surface area contributed by atoms with Crippen molar-refractivity contribution in [2.75, 3.05) is 24.4 Å². The smallest absolute Gasteiger partial charge is 0.251 e. The molecule has 2 unspecified atom stereocenters. The third kappa shape index (κ3) is 5.28. The Morgan fingerprint density at radius 3 is 2.70 bits per heavy atom. The normalized spacial score (nSPS) is 13.6. The molecule has 2 N–H and O–H groups in total. The number of aryl methyl sites for hydroxylation is 1. The van der Waals surface area contributed by atoms with E-state index in [4.69, 9.17) is 0 Å². The minimum Gasteiger partial charge on any atom is -0.373 e. The Morgan fingerprint density at radius 1 is 1.45 bits per heavy atom. The minimum absolute atomic E-state index is 0.117. The summed E-state index contributed by atoms with van der Waals surface area (Å²) in [4.78, 5) is 16.6. The van der Waals surface area contributed by atoms with Gasteiger partial charge in [0.05, 0.1) is 0 Å². The molecule has 2 atom stereocenters. The summed E-state index contributed by atoms with van der Waals surface area (Å²) in [7, 11) is 0.859. The number of amides is 1. The molecule has 6 heteroatoms. The van der Waals surface area contributed by atoms with E-state index >= 15 is 0 Å². The number of rotatable bonds is 7. The third-order valence-corrected chi connectivity index (χ3v) is 3.73. The van der Waals surface area contributed by atoms with E-state index in [1.807, 2.05) is 13.0 Å². The Hall–Kier alpha value is -1.43. The minimum atomic E-state index is -0.921. The molecule has 0 aliphatic rings. The molecule has 0 aliphatic carbocycles. The highest BCUT2D eigenvalue weighted by Gasteiger charge is 2.13. The van der Waals surface area contributed by atoms with Crippen LogP contribution in [0, 0.1) is 0 Å². The first kappa shape index (κ1) is 16.6. The lowest BCUT2D eigenvalue weighted by molar-refractivity contribution is 0.0943. The van der Waals surface area contributed by atoms with Crippen LogP contribution in [0.25, 0.3) is 0 Å². The van der Waals surface area contributed by atoms with Gasteiger partial charge in [0.25, 0.3) is 5.91 Å². The van der Waals surface area contributed by atoms with Crippen molar-refractivity contribution in [3.05, 3.63) is 23.4 Å². The number of nitrogens with one attached hydrogen (secondary N) is 2. The van der Waals surface area contributed by atoms with Gasteiger partial charge in [-0.2, -0.15) is 0 Å². The molecule has 0 fully saturated rings. The summed E-state index contributed by atoms with van der Waals surface area (Å²) >= 11 is 0. The Kier molecular flexibility index (Phi) is 6.64. The van der Waals surface area contributed by atoms with E-state index in [1.165, 1.54) is 0 Å². The molecule has 0 saturated heterocycles. The fraction of sp³-hybridized carbons (Fsp3) is 0.571. The van der Waals surface area contributed by atoms with Gasteiger partial charge in [-0.15, -0.1) is 0 Å². The van der Waals surface area contributed by atoms with Crippen molar-refractivity contribution in [2.45, 2.75) is 32.7 Å². The number of nitrogens with zero attached hydrogens (tertiary/aromatic N) is 1. The van der Waals surface area contributed by atoms with Crippen LogP contribution in [-0.2, 0) is 17.2 Å². The molecule has 0 saturated carbocycles. The van der Waals surface area contributed by atoms with E-state index in [2.05, 4.69) is 22.5 Å². The first-order chi connectivity index (χ1) is 9.46. The van der Waals surface area contributed by atoms with Gasteiger partial charge in [-0.3, -0.25) is 9.00 Å². The summed E-state index contributed by atoms with van der Waals surface area (Å²) in [6.07, 6.45) is 3.45. The van der Waals surface area contributed by atoms with E-state index in [0.29, 0.717) is 17.1 Å². The lowest BCUT2D eigenvalue weighted by Gasteiger charge is -2.13. The van der Waals surface area contributed by atoms with Gasteiger partial charge in [0.15, 0.2) is 0 Å². The van der Waals surface area contributed by atoms with Crippen molar-refractivity contribution in [3.63, 3.8) is 0 Å². The molecule has 1 heterocycles. The van der Waals surface area contributed by atoms with Crippen LogP contribution in [0.1, 0.15) is 36.3 Å². The van der Waals surface area contributed by atoms with Gasteiger partial charge in [-0.25, -0.2) is 4.98 Å². The van der Waals surface area contributed by atoms with Crippen LogP contribution in [-0.4, -0.2) is 40.2 Å². The van der Waals surface area contributed by atoms with E-state index in [-0.39, 0.29) is 11.9 Å². The van der Waals surface area contributed by atoms with Crippen LogP contribution in [0.3, 0.4) is 0 Å². The molecule has 112 valence electrons. The van der Waals surface area contributed by atoms with Gasteiger partial charge in [0, 0.05) is 47.2 Å². The van der Waals surface area contributed by atoms with Crippen LogP contribution in [0.4, 0.5) is 5.82 Å². The number of hydrogen-bond donors (Lipinski definition) is 2. The van der Waals surface area contributed by atoms with Crippen molar-refractivity contribution in [3.8, 4) is 0 Å². The monoisotopic (exact) mass is 297 g/mol. The molecular formula is C14H23N3O2S. The zero-order chi connectivity index (χ0) is 15.1. The lowest BCUT2D eigenvalue weighted by atomic mass is 10.1. The van der Waals surface area contributed by atoms with Crippen LogP contribution in [0.5, 0.6) is 0 Å². The predicted molar refractivity (Wildman–Crippen MR) is 83.6 cm³/mol. The van der Waals surface area contributed by atoms with Crippen LogP contribution >= 0.6 is 0 Å². The van der Waals surface area contributed by atoms with Crippen LogP contribution < -0.4 is 10.6 Å². The number of hydrogen-bond acceptors (Lipinski definition) is 4. The van der Waals surface area contributed by atoms with E-state index in [1.54, 1.807) is 19.4 Å². The summed E-state index contributed by atoms with van der Waals surface area (Å²) in [6, 6.07) is 3.42. The molecule has 0 radical (unpaired) electrons. The number of anilines is 1. The zero-order valence-electron chi connectivity index (χ0n) is 12.5. The Labute approximate surface area is 123 Å². The van der Waals surface area contributed by atoms with Crippen molar-refractivity contribution in [1.29, 1.82) is 0 Å². The van der Waals surface area contributed by atoms with Gasteiger partial charge in [0.2, 0.25) is 0 Å². The molecule has 5 nitrogen and oxygen atoms in total. The highest BCUT2D eigenvalue weighted by atomic mass is 32.2. The second-order valence-corrected chi connectivity index (χ2v) is 6.33. The molecule has 1 aromatic rings. The standard InChI is InChI=1S/C14H23N3O2S/c1-5-6-12-7-11(8-13(15-3)17-12)14(18)16-10(2)9-20(4)19/h7-8,10H,5-6,9H2,1-4H3,(H,15,17)(H,16,18). The molecule has 0 aliphatic heterocycles. The van der Waals surface area contributed by atoms with E-state index < -0.39 is 10.8 Å². The van der Waals surface area contributed by atoms with Gasteiger partial charge in [-0.1, -0.05) is 13.3 Å². The largest absolute Gasteiger partial charge is 0.373 e. The number of carbonyl (C=O) groups is 1. The van der Waals surface area contributed by atoms with Crippen LogP contribution in [0.15, 0.2) is 12.1 Å². The summed E-state index contributed by atoms with van der Waals surface area (Å²) in [6.45, 7) is 3.93. The SMILES string of the molecule is CCCc1cc(C(=O)NC(C)CS(C)=O)cc(NC)n1. The second-order valence-electron chi connectivity index (χ2n) is 4.85. The van der Waals surface area contributed by atoms with E-state index in [0.717, 1.165) is 18.5 Å². The van der Waals surface area contributed by atoms with Crippen molar-refractivity contribution < 1.29 is 9.00 Å². The highest BCUT2D eigenvalue weighted by molar-refractivity contribution is 7.84. The molecule has 20 heavy (non-hydrogen) atoms. The number of pyridine rings is 1. The third-order valence-electron chi connectivity index (χ3n) is 2.77. The fourth-order valence-corrected chi connectivity index (χ4v) is 2.72. The number of aromatic nitrogens is 1. The first-order valence-corrected chi connectivity index (χ1v) is 8.48. The Balaban J connectivity index is 2.85. The average Bonchev–Trinajstić information content (AvgIpc) is 2.37. The maximum atomic E-state index is 12.2. The Bertz CT molecular complexity index is 491. The first-order valence-electron chi connectivity index (χ1n) is 6.75. The van der Waals surface area contributed by atoms with Gasteiger partial charge in [0.1, 0.15) is 5.82 Å². The predicted octanol–water partition coefficient (Wildman–Crippen LogP) is 1.57. The zero-order valence-corrected chi connectivity index (χ0v) is 13.3.